The number of carbonyl (C=O) groups excluding carboxylic acids is 1. The normalized spacial score (nSPS) is 10.3. The molecule has 5 nitrogen and oxygen atoms in total. The number of rotatable bonds is 3. The van der Waals surface area contributed by atoms with E-state index in [9.17, 15) is 4.79 Å². The minimum atomic E-state index is -0.198. The van der Waals surface area contributed by atoms with Gasteiger partial charge in [-0.2, -0.15) is 5.10 Å². The lowest BCUT2D eigenvalue weighted by Crippen LogP contribution is -2.27. The van der Waals surface area contributed by atoms with E-state index in [0.29, 0.717) is 18.3 Å². The highest BCUT2D eigenvalue weighted by Crippen LogP contribution is 2.09. The number of carbonyl (C=O) groups is 1. The average Bonchev–Trinajstić information content (AvgIpc) is 2.53. The van der Waals surface area contributed by atoms with E-state index >= 15 is 0 Å². The second-order valence-electron chi connectivity index (χ2n) is 3.29. The van der Waals surface area contributed by atoms with Gasteiger partial charge >= 0.3 is 6.03 Å². The Morgan fingerprint density at radius 2 is 2.36 bits per heavy atom. The smallest absolute Gasteiger partial charge is 0.319 e. The monoisotopic (exact) mass is 196 g/mol. The van der Waals surface area contributed by atoms with E-state index in [4.69, 9.17) is 0 Å². The fourth-order valence-electron chi connectivity index (χ4n) is 1.02. The van der Waals surface area contributed by atoms with Crippen molar-refractivity contribution in [2.75, 3.05) is 11.9 Å². The molecule has 14 heavy (non-hydrogen) atoms. The van der Waals surface area contributed by atoms with Gasteiger partial charge in [0.2, 0.25) is 0 Å². The molecule has 0 bridgehead atoms. The lowest BCUT2D eigenvalue weighted by Gasteiger charge is -2.04. The first kappa shape index (κ1) is 10.6. The van der Waals surface area contributed by atoms with Crippen LogP contribution in [0.15, 0.2) is 12.4 Å². The summed E-state index contributed by atoms with van der Waals surface area (Å²) in [4.78, 5) is 11.1. The molecule has 0 aliphatic heterocycles. The number of aromatic nitrogens is 2. The van der Waals surface area contributed by atoms with Gasteiger partial charge in [0.25, 0.3) is 0 Å². The van der Waals surface area contributed by atoms with Gasteiger partial charge in [-0.05, 0) is 20.8 Å². The van der Waals surface area contributed by atoms with E-state index in [1.807, 2.05) is 20.8 Å². The summed E-state index contributed by atoms with van der Waals surface area (Å²) < 4.78 is 1.79. The maximum Gasteiger partial charge on any atom is 0.319 e. The summed E-state index contributed by atoms with van der Waals surface area (Å²) in [6.45, 7) is 6.55. The number of amides is 2. The molecule has 1 rings (SSSR count). The van der Waals surface area contributed by atoms with Crippen molar-refractivity contribution in [1.82, 2.24) is 15.1 Å². The van der Waals surface area contributed by atoms with Crippen LogP contribution in [0.25, 0.3) is 0 Å². The Hall–Kier alpha value is -1.52. The van der Waals surface area contributed by atoms with Crippen molar-refractivity contribution in [1.29, 1.82) is 0 Å². The Balaban J connectivity index is 2.55. The molecule has 1 heterocycles. The van der Waals surface area contributed by atoms with Gasteiger partial charge in [-0.15, -0.1) is 0 Å². The second kappa shape index (κ2) is 4.64. The summed E-state index contributed by atoms with van der Waals surface area (Å²) in [6.07, 6.45) is 3.44. The van der Waals surface area contributed by atoms with Crippen LogP contribution in [-0.2, 0) is 0 Å². The average molecular weight is 196 g/mol. The minimum Gasteiger partial charge on any atom is -0.338 e. The Morgan fingerprint density at radius 1 is 1.64 bits per heavy atom. The Labute approximate surface area is 83.5 Å². The molecule has 0 atom stereocenters. The fraction of sp³-hybridized carbons (Fsp3) is 0.556. The largest absolute Gasteiger partial charge is 0.338 e. The molecule has 0 aliphatic carbocycles. The van der Waals surface area contributed by atoms with E-state index < -0.39 is 0 Å². The quantitative estimate of drug-likeness (QED) is 0.771. The third kappa shape index (κ3) is 2.76. The highest BCUT2D eigenvalue weighted by atomic mass is 16.2. The maximum absolute atomic E-state index is 11.1. The van der Waals surface area contributed by atoms with E-state index in [1.165, 1.54) is 0 Å². The van der Waals surface area contributed by atoms with Crippen LogP contribution in [0.3, 0.4) is 0 Å². The van der Waals surface area contributed by atoms with Crippen LogP contribution in [0.2, 0.25) is 0 Å². The highest BCUT2D eigenvalue weighted by Gasteiger charge is 2.03. The van der Waals surface area contributed by atoms with Gasteiger partial charge in [0.1, 0.15) is 0 Å². The molecule has 0 radical (unpaired) electrons. The van der Waals surface area contributed by atoms with Crippen molar-refractivity contribution in [3.63, 3.8) is 0 Å². The molecule has 0 spiro atoms. The van der Waals surface area contributed by atoms with E-state index in [-0.39, 0.29) is 6.03 Å². The van der Waals surface area contributed by atoms with Gasteiger partial charge in [0, 0.05) is 18.8 Å². The number of hydrogen-bond acceptors (Lipinski definition) is 2. The molecular formula is C9H16N4O. The zero-order valence-corrected chi connectivity index (χ0v) is 8.74. The number of urea groups is 1. The first-order valence-electron chi connectivity index (χ1n) is 4.72. The Bertz CT molecular complexity index is 306. The third-order valence-corrected chi connectivity index (χ3v) is 1.73. The van der Waals surface area contributed by atoms with Crippen molar-refractivity contribution in [2.45, 2.75) is 26.8 Å². The van der Waals surface area contributed by atoms with E-state index in [0.717, 1.165) is 0 Å². The number of anilines is 1. The highest BCUT2D eigenvalue weighted by molar-refractivity contribution is 5.88. The molecule has 1 aromatic rings. The molecule has 0 aromatic carbocycles. The van der Waals surface area contributed by atoms with Crippen LogP contribution in [0.1, 0.15) is 26.8 Å². The lowest BCUT2D eigenvalue weighted by atomic mass is 10.4. The number of nitrogens with zero attached hydrogens (tertiary/aromatic N) is 2. The lowest BCUT2D eigenvalue weighted by molar-refractivity contribution is 0.252. The molecule has 0 unspecified atom stereocenters. The van der Waals surface area contributed by atoms with Gasteiger partial charge < -0.3 is 10.6 Å². The molecule has 1 aromatic heterocycles. The zero-order chi connectivity index (χ0) is 10.6. The molecule has 0 saturated heterocycles. The SMILES string of the molecule is CCNC(=O)Nc1cnn(C(C)C)c1. The van der Waals surface area contributed by atoms with Crippen molar-refractivity contribution >= 4 is 11.7 Å². The van der Waals surface area contributed by atoms with Crippen LogP contribution in [-0.4, -0.2) is 22.4 Å². The molecule has 0 aliphatic rings. The van der Waals surface area contributed by atoms with Crippen molar-refractivity contribution < 1.29 is 4.79 Å². The van der Waals surface area contributed by atoms with Crippen LogP contribution in [0.5, 0.6) is 0 Å². The first-order valence-corrected chi connectivity index (χ1v) is 4.72. The topological polar surface area (TPSA) is 59.0 Å². The summed E-state index contributed by atoms with van der Waals surface area (Å²) in [6, 6.07) is 0.107. The predicted molar refractivity (Wildman–Crippen MR) is 55.3 cm³/mol. The van der Waals surface area contributed by atoms with Crippen molar-refractivity contribution in [3.8, 4) is 0 Å². The molecule has 2 amide bonds. The zero-order valence-electron chi connectivity index (χ0n) is 8.74. The summed E-state index contributed by atoms with van der Waals surface area (Å²) in [7, 11) is 0. The summed E-state index contributed by atoms with van der Waals surface area (Å²) in [5.41, 5.74) is 0.713. The summed E-state index contributed by atoms with van der Waals surface area (Å²) >= 11 is 0. The molecule has 0 saturated carbocycles. The van der Waals surface area contributed by atoms with E-state index in [1.54, 1.807) is 17.1 Å². The predicted octanol–water partition coefficient (Wildman–Crippen LogP) is 1.61. The number of nitrogens with one attached hydrogen (secondary N) is 2. The molecule has 0 fully saturated rings. The molecule has 5 heteroatoms. The van der Waals surface area contributed by atoms with Crippen LogP contribution in [0, 0.1) is 0 Å². The van der Waals surface area contributed by atoms with Crippen molar-refractivity contribution in [2.24, 2.45) is 0 Å². The third-order valence-electron chi connectivity index (χ3n) is 1.73. The Kier molecular flexibility index (Phi) is 3.50. The molecular weight excluding hydrogens is 180 g/mol. The fourth-order valence-corrected chi connectivity index (χ4v) is 1.02. The van der Waals surface area contributed by atoms with Gasteiger partial charge in [0.15, 0.2) is 0 Å². The van der Waals surface area contributed by atoms with Gasteiger partial charge in [-0.25, -0.2) is 4.79 Å². The van der Waals surface area contributed by atoms with Gasteiger partial charge in [-0.1, -0.05) is 0 Å². The standard InChI is InChI=1S/C9H16N4O/c1-4-10-9(14)12-8-5-11-13(6-8)7(2)3/h5-7H,4H2,1-3H3,(H2,10,12,14). The first-order chi connectivity index (χ1) is 6.63. The molecule has 2 N–H and O–H groups in total. The summed E-state index contributed by atoms with van der Waals surface area (Å²) in [5.74, 6) is 0. The molecule has 78 valence electrons. The minimum absolute atomic E-state index is 0.198. The second-order valence-corrected chi connectivity index (χ2v) is 3.29. The number of hydrogen-bond donors (Lipinski definition) is 2. The Morgan fingerprint density at radius 3 is 2.86 bits per heavy atom. The van der Waals surface area contributed by atoms with Gasteiger partial charge in [-0.3, -0.25) is 4.68 Å². The van der Waals surface area contributed by atoms with E-state index in [2.05, 4.69) is 15.7 Å². The van der Waals surface area contributed by atoms with Crippen LogP contribution >= 0.6 is 0 Å². The van der Waals surface area contributed by atoms with Gasteiger partial charge in [0.05, 0.1) is 11.9 Å². The maximum atomic E-state index is 11.1. The van der Waals surface area contributed by atoms with Crippen molar-refractivity contribution in [3.05, 3.63) is 12.4 Å². The summed E-state index contributed by atoms with van der Waals surface area (Å²) in [5, 5.41) is 9.43. The van der Waals surface area contributed by atoms with Crippen LogP contribution < -0.4 is 10.6 Å². The van der Waals surface area contributed by atoms with Crippen LogP contribution in [0.4, 0.5) is 10.5 Å².